The van der Waals surface area contributed by atoms with E-state index in [4.69, 9.17) is 23.8 Å². The molecule has 1 amide bonds. The Balaban J connectivity index is 1.82. The summed E-state index contributed by atoms with van der Waals surface area (Å²) in [7, 11) is 2.00. The lowest BCUT2D eigenvalue weighted by Gasteiger charge is -2.13. The van der Waals surface area contributed by atoms with Crippen LogP contribution in [-0.2, 0) is 4.79 Å². The van der Waals surface area contributed by atoms with Crippen molar-refractivity contribution in [3.63, 3.8) is 0 Å². The van der Waals surface area contributed by atoms with Crippen LogP contribution < -0.4 is 4.90 Å². The first-order chi connectivity index (χ1) is 11.0. The second-order valence-electron chi connectivity index (χ2n) is 5.13. The number of rotatable bonds is 3. The first-order valence-corrected chi connectivity index (χ1v) is 9.60. The van der Waals surface area contributed by atoms with E-state index in [1.807, 2.05) is 44.3 Å². The predicted molar refractivity (Wildman–Crippen MR) is 104 cm³/mol. The van der Waals surface area contributed by atoms with E-state index in [1.165, 1.54) is 11.8 Å². The third-order valence-corrected chi connectivity index (χ3v) is 6.34. The molecule has 23 heavy (non-hydrogen) atoms. The summed E-state index contributed by atoms with van der Waals surface area (Å²) < 4.78 is 0.643. The molecule has 3 nitrogen and oxygen atoms in total. The molecule has 2 aliphatic heterocycles. The Morgan fingerprint density at radius 2 is 2.09 bits per heavy atom. The van der Waals surface area contributed by atoms with E-state index < -0.39 is 0 Å². The number of halogens is 1. The van der Waals surface area contributed by atoms with Crippen LogP contribution in [0.1, 0.15) is 13.3 Å². The molecule has 2 heterocycles. The van der Waals surface area contributed by atoms with Crippen LogP contribution in [0.3, 0.4) is 0 Å². The Kier molecular flexibility index (Phi) is 5.06. The Labute approximate surface area is 154 Å². The minimum Gasteiger partial charge on any atom is -0.338 e. The van der Waals surface area contributed by atoms with Crippen molar-refractivity contribution in [2.45, 2.75) is 18.2 Å². The average molecular weight is 383 g/mol. The van der Waals surface area contributed by atoms with E-state index >= 15 is 0 Å². The van der Waals surface area contributed by atoms with Gasteiger partial charge in [0.2, 0.25) is 0 Å². The zero-order valence-corrected chi connectivity index (χ0v) is 15.9. The van der Waals surface area contributed by atoms with Crippen LogP contribution in [0.2, 0.25) is 5.02 Å². The van der Waals surface area contributed by atoms with Crippen LogP contribution in [-0.4, -0.2) is 28.7 Å². The molecule has 0 spiro atoms. The van der Waals surface area contributed by atoms with Crippen LogP contribution in [0.5, 0.6) is 0 Å². The number of carbonyl (C=O) groups excluding carboxylic acids is 1. The highest BCUT2D eigenvalue weighted by atomic mass is 35.5. The fourth-order valence-electron chi connectivity index (χ4n) is 2.36. The summed E-state index contributed by atoms with van der Waals surface area (Å²) in [5.41, 5.74) is 1.08. The lowest BCUT2D eigenvalue weighted by atomic mass is 10.3. The summed E-state index contributed by atoms with van der Waals surface area (Å²) >= 11 is 14.4. The normalized spacial score (nSPS) is 21.0. The molecule has 0 aromatic heterocycles. The van der Waals surface area contributed by atoms with Gasteiger partial charge >= 0.3 is 0 Å². The highest BCUT2D eigenvalue weighted by Crippen LogP contribution is 2.46. The van der Waals surface area contributed by atoms with E-state index in [2.05, 4.69) is 4.90 Å². The Hall–Kier alpha value is -0.950. The smallest absolute Gasteiger partial charge is 0.266 e. The lowest BCUT2D eigenvalue weighted by Crippen LogP contribution is -2.28. The molecule has 120 valence electrons. The van der Waals surface area contributed by atoms with Gasteiger partial charge in [-0.2, -0.15) is 0 Å². The first-order valence-electron chi connectivity index (χ1n) is 7.18. The van der Waals surface area contributed by atoms with Crippen LogP contribution in [0.4, 0.5) is 5.69 Å². The number of allylic oxidation sites excluding steroid dienone is 2. The van der Waals surface area contributed by atoms with E-state index in [0.29, 0.717) is 15.8 Å². The van der Waals surface area contributed by atoms with E-state index in [0.717, 1.165) is 27.1 Å². The molecule has 0 radical (unpaired) electrons. The van der Waals surface area contributed by atoms with E-state index in [1.54, 1.807) is 16.7 Å². The topological polar surface area (TPSA) is 23.6 Å². The van der Waals surface area contributed by atoms with Gasteiger partial charge in [0.25, 0.3) is 5.91 Å². The van der Waals surface area contributed by atoms with E-state index in [-0.39, 0.29) is 5.91 Å². The second kappa shape index (κ2) is 6.89. The van der Waals surface area contributed by atoms with Crippen LogP contribution in [0.25, 0.3) is 0 Å². The minimum absolute atomic E-state index is 0.00455. The summed E-state index contributed by atoms with van der Waals surface area (Å²) in [6, 6.07) is 5.85. The van der Waals surface area contributed by atoms with Gasteiger partial charge in [-0.15, -0.1) is 0 Å². The molecule has 0 bridgehead atoms. The molecule has 1 fully saturated rings. The summed E-state index contributed by atoms with van der Waals surface area (Å²) in [5.74, 6) is 0.00455. The van der Waals surface area contributed by atoms with Crippen LogP contribution in [0, 0.1) is 0 Å². The van der Waals surface area contributed by atoms with Crippen molar-refractivity contribution < 1.29 is 4.79 Å². The maximum absolute atomic E-state index is 12.3. The van der Waals surface area contributed by atoms with Gasteiger partial charge < -0.3 is 4.90 Å². The highest BCUT2D eigenvalue weighted by Gasteiger charge is 2.31. The Bertz CT molecular complexity index is 745. The zero-order chi connectivity index (χ0) is 16.6. The van der Waals surface area contributed by atoms with Crippen molar-refractivity contribution in [1.82, 2.24) is 4.90 Å². The summed E-state index contributed by atoms with van der Waals surface area (Å²) in [5, 5.41) is 1.78. The number of nitrogens with zero attached hydrogens (tertiary/aromatic N) is 2. The van der Waals surface area contributed by atoms with Gasteiger partial charge in [-0.05, 0) is 36.8 Å². The van der Waals surface area contributed by atoms with Gasteiger partial charge in [-0.25, -0.2) is 0 Å². The van der Waals surface area contributed by atoms with Gasteiger partial charge in [0.1, 0.15) is 4.32 Å². The molecule has 0 saturated carbocycles. The Morgan fingerprint density at radius 1 is 1.30 bits per heavy atom. The van der Waals surface area contributed by atoms with E-state index in [9.17, 15) is 4.79 Å². The van der Waals surface area contributed by atoms with Crippen molar-refractivity contribution in [3.8, 4) is 0 Å². The van der Waals surface area contributed by atoms with Crippen molar-refractivity contribution >= 4 is 63.3 Å². The summed E-state index contributed by atoms with van der Waals surface area (Å²) in [6.45, 7) is 2.72. The number of anilines is 1. The number of thiocarbonyl (C=S) groups is 1. The molecular formula is C16H15ClN2OS3. The number of amides is 1. The van der Waals surface area contributed by atoms with Gasteiger partial charge in [0.15, 0.2) is 0 Å². The molecule has 1 aromatic rings. The van der Waals surface area contributed by atoms with Crippen molar-refractivity contribution in [2.24, 2.45) is 0 Å². The van der Waals surface area contributed by atoms with Gasteiger partial charge in [-0.1, -0.05) is 54.3 Å². The molecule has 7 heteroatoms. The number of carbonyl (C=O) groups is 1. The maximum atomic E-state index is 12.3. The van der Waals surface area contributed by atoms with Gasteiger partial charge in [0, 0.05) is 23.5 Å². The molecule has 0 N–H and O–H groups in total. The Morgan fingerprint density at radius 3 is 2.83 bits per heavy atom. The fraction of sp³-hybridized carbons (Fsp3) is 0.250. The SMILES string of the molecule is CCCN1C(=O)/C(=C/C=C2\Sc3ccc(Cl)cc3N2C)SC1=S. The third kappa shape index (κ3) is 3.31. The number of fused-ring (bicyclic) bond motifs is 1. The summed E-state index contributed by atoms with van der Waals surface area (Å²) in [4.78, 5) is 17.9. The number of benzene rings is 1. The number of thioether (sulfide) groups is 2. The van der Waals surface area contributed by atoms with Crippen LogP contribution >= 0.6 is 47.3 Å². The van der Waals surface area contributed by atoms with Gasteiger partial charge in [-0.3, -0.25) is 9.69 Å². The second-order valence-corrected chi connectivity index (χ2v) is 8.31. The van der Waals surface area contributed by atoms with Crippen molar-refractivity contribution in [3.05, 3.63) is 45.3 Å². The standard InChI is InChI=1S/C16H15ClN2OS3/c1-3-8-19-15(20)13(23-16(19)21)6-7-14-18(2)11-9-10(17)4-5-12(11)22-14/h4-7,9H,3,8H2,1-2H3/b13-6-,14-7-. The van der Waals surface area contributed by atoms with Crippen molar-refractivity contribution in [1.29, 1.82) is 0 Å². The monoisotopic (exact) mass is 382 g/mol. The molecular weight excluding hydrogens is 368 g/mol. The fourth-order valence-corrected chi connectivity index (χ4v) is 4.81. The molecule has 2 aliphatic rings. The molecule has 0 unspecified atom stereocenters. The number of hydrogen-bond acceptors (Lipinski definition) is 5. The maximum Gasteiger partial charge on any atom is 0.266 e. The molecule has 3 rings (SSSR count). The van der Waals surface area contributed by atoms with Crippen molar-refractivity contribution in [2.75, 3.05) is 18.5 Å². The quantitative estimate of drug-likeness (QED) is 0.547. The van der Waals surface area contributed by atoms with Crippen LogP contribution in [0.15, 0.2) is 45.2 Å². The lowest BCUT2D eigenvalue weighted by molar-refractivity contribution is -0.122. The largest absolute Gasteiger partial charge is 0.338 e. The molecule has 0 atom stereocenters. The highest BCUT2D eigenvalue weighted by molar-refractivity contribution is 8.26. The van der Waals surface area contributed by atoms with Gasteiger partial charge in [0.05, 0.1) is 15.6 Å². The average Bonchev–Trinajstić information content (AvgIpc) is 2.97. The molecule has 1 aromatic carbocycles. The minimum atomic E-state index is 0.00455. The first kappa shape index (κ1) is 16.9. The predicted octanol–water partition coefficient (Wildman–Crippen LogP) is 4.88. The third-order valence-electron chi connectivity index (χ3n) is 3.53. The number of hydrogen-bond donors (Lipinski definition) is 0. The zero-order valence-electron chi connectivity index (χ0n) is 12.7. The summed E-state index contributed by atoms with van der Waals surface area (Å²) in [6.07, 6.45) is 4.73. The molecule has 1 saturated heterocycles. The molecule has 0 aliphatic carbocycles.